The van der Waals surface area contributed by atoms with Gasteiger partial charge in [-0.05, 0) is 31.0 Å². The first kappa shape index (κ1) is 16.7. The maximum atomic E-state index is 4.61. The largest absolute Gasteiger partial charge is 0.351 e. The smallest absolute Gasteiger partial charge is 0.225 e. The summed E-state index contributed by atoms with van der Waals surface area (Å²) in [5, 5.41) is 6.60. The number of benzene rings is 2. The number of nitrogens with one attached hydrogen (secondary N) is 2. The van der Waals surface area contributed by atoms with E-state index in [2.05, 4.69) is 53.2 Å². The molecule has 2 N–H and O–H groups in total. The van der Waals surface area contributed by atoms with Gasteiger partial charge in [0.15, 0.2) is 0 Å². The van der Waals surface area contributed by atoms with E-state index in [0.29, 0.717) is 12.5 Å². The molecule has 3 rings (SSSR count). The number of hydrogen-bond acceptors (Lipinski definition) is 4. The Labute approximate surface area is 148 Å². The van der Waals surface area contributed by atoms with Crippen LogP contribution >= 0.6 is 0 Å². The van der Waals surface area contributed by atoms with Crippen LogP contribution in [0.25, 0.3) is 11.3 Å². The van der Waals surface area contributed by atoms with E-state index in [9.17, 15) is 0 Å². The van der Waals surface area contributed by atoms with Crippen LogP contribution < -0.4 is 10.6 Å². The Kier molecular flexibility index (Phi) is 5.09. The first-order valence-corrected chi connectivity index (χ1v) is 8.30. The van der Waals surface area contributed by atoms with E-state index >= 15 is 0 Å². The van der Waals surface area contributed by atoms with E-state index in [0.717, 1.165) is 22.8 Å². The van der Waals surface area contributed by atoms with Crippen LogP contribution in [0.3, 0.4) is 0 Å². The Morgan fingerprint density at radius 2 is 1.80 bits per heavy atom. The van der Waals surface area contributed by atoms with Gasteiger partial charge in [-0.15, -0.1) is 6.58 Å². The predicted molar refractivity (Wildman–Crippen MR) is 105 cm³/mol. The third kappa shape index (κ3) is 4.04. The van der Waals surface area contributed by atoms with E-state index in [1.807, 2.05) is 42.5 Å². The maximum Gasteiger partial charge on any atom is 0.225 e. The predicted octanol–water partition coefficient (Wildman–Crippen LogP) is 5.10. The van der Waals surface area contributed by atoms with Gasteiger partial charge in [-0.1, -0.05) is 48.5 Å². The third-order valence-electron chi connectivity index (χ3n) is 4.07. The maximum absolute atomic E-state index is 4.61. The fourth-order valence-corrected chi connectivity index (χ4v) is 2.54. The van der Waals surface area contributed by atoms with E-state index in [1.54, 1.807) is 6.08 Å². The van der Waals surface area contributed by atoms with Crippen LogP contribution in [0.2, 0.25) is 0 Å². The molecule has 3 aromatic rings. The minimum absolute atomic E-state index is 0.578. The summed E-state index contributed by atoms with van der Waals surface area (Å²) in [5.41, 5.74) is 5.42. The lowest BCUT2D eigenvalue weighted by atomic mass is 10.1. The second kappa shape index (κ2) is 7.62. The highest BCUT2D eigenvalue weighted by molar-refractivity contribution is 5.69. The fourth-order valence-electron chi connectivity index (χ4n) is 2.54. The monoisotopic (exact) mass is 330 g/mol. The molecule has 0 aliphatic heterocycles. The van der Waals surface area contributed by atoms with E-state index in [4.69, 9.17) is 0 Å². The normalized spacial score (nSPS) is 10.3. The molecule has 0 amide bonds. The summed E-state index contributed by atoms with van der Waals surface area (Å²) in [4.78, 5) is 9.19. The zero-order valence-electron chi connectivity index (χ0n) is 14.6. The van der Waals surface area contributed by atoms with Gasteiger partial charge in [0.2, 0.25) is 5.95 Å². The highest BCUT2D eigenvalue weighted by atomic mass is 15.1. The lowest BCUT2D eigenvalue weighted by Crippen LogP contribution is -2.06. The summed E-state index contributed by atoms with van der Waals surface area (Å²) in [5.74, 6) is 1.34. The summed E-state index contributed by atoms with van der Waals surface area (Å²) in [6.45, 7) is 8.56. The van der Waals surface area contributed by atoms with Crippen LogP contribution in [-0.4, -0.2) is 16.5 Å². The third-order valence-corrected chi connectivity index (χ3v) is 4.07. The van der Waals surface area contributed by atoms with Crippen molar-refractivity contribution in [3.8, 4) is 11.3 Å². The molecule has 126 valence electrons. The van der Waals surface area contributed by atoms with Crippen molar-refractivity contribution in [3.63, 3.8) is 0 Å². The molecule has 1 heterocycles. The summed E-state index contributed by atoms with van der Waals surface area (Å²) < 4.78 is 0. The van der Waals surface area contributed by atoms with Gasteiger partial charge in [0, 0.05) is 23.9 Å². The zero-order chi connectivity index (χ0) is 17.6. The van der Waals surface area contributed by atoms with Crippen molar-refractivity contribution in [2.24, 2.45) is 0 Å². The standard InChI is InChI=1S/C21H22N4/c1-4-13-22-21-24-19(17-10-6-5-7-11-17)14-20(25-21)23-18-12-8-9-15(2)16(18)3/h4-12,14H,1,13H2,2-3H3,(H2,22,23,24,25). The van der Waals surface area contributed by atoms with Crippen molar-refractivity contribution in [2.45, 2.75) is 13.8 Å². The number of nitrogens with zero attached hydrogens (tertiary/aromatic N) is 2. The first-order chi connectivity index (χ1) is 12.2. The molecule has 0 saturated heterocycles. The molecule has 2 aromatic carbocycles. The van der Waals surface area contributed by atoms with Crippen molar-refractivity contribution in [1.82, 2.24) is 9.97 Å². The van der Waals surface area contributed by atoms with E-state index < -0.39 is 0 Å². The van der Waals surface area contributed by atoms with Gasteiger partial charge in [0.1, 0.15) is 5.82 Å². The summed E-state index contributed by atoms with van der Waals surface area (Å²) in [6, 6.07) is 18.3. The minimum atomic E-state index is 0.578. The summed E-state index contributed by atoms with van der Waals surface area (Å²) in [6.07, 6.45) is 1.79. The van der Waals surface area contributed by atoms with Crippen LogP contribution in [0, 0.1) is 13.8 Å². The van der Waals surface area contributed by atoms with Gasteiger partial charge in [0.25, 0.3) is 0 Å². The van der Waals surface area contributed by atoms with Gasteiger partial charge >= 0.3 is 0 Å². The van der Waals surface area contributed by atoms with Crippen LogP contribution in [0.15, 0.2) is 67.3 Å². The van der Waals surface area contributed by atoms with Gasteiger partial charge in [0.05, 0.1) is 5.69 Å². The van der Waals surface area contributed by atoms with Gasteiger partial charge in [-0.3, -0.25) is 0 Å². The molecule has 0 unspecified atom stereocenters. The minimum Gasteiger partial charge on any atom is -0.351 e. The molecule has 0 bridgehead atoms. The Bertz CT molecular complexity index is 872. The second-order valence-corrected chi connectivity index (χ2v) is 5.87. The number of aromatic nitrogens is 2. The van der Waals surface area contributed by atoms with Crippen LogP contribution in [0.1, 0.15) is 11.1 Å². The molecule has 0 atom stereocenters. The van der Waals surface area contributed by atoms with E-state index in [1.165, 1.54) is 11.1 Å². The fraction of sp³-hybridized carbons (Fsp3) is 0.143. The Balaban J connectivity index is 2.00. The summed E-state index contributed by atoms with van der Waals surface area (Å²) in [7, 11) is 0. The summed E-state index contributed by atoms with van der Waals surface area (Å²) >= 11 is 0. The Morgan fingerprint density at radius 3 is 2.56 bits per heavy atom. The Hall–Kier alpha value is -3.14. The molecule has 0 aliphatic carbocycles. The van der Waals surface area contributed by atoms with Gasteiger partial charge < -0.3 is 10.6 Å². The Morgan fingerprint density at radius 1 is 1.00 bits per heavy atom. The molecular weight excluding hydrogens is 308 g/mol. The SMILES string of the molecule is C=CCNc1nc(Nc2cccc(C)c2C)cc(-c2ccccc2)n1. The van der Waals surface area contributed by atoms with Crippen molar-refractivity contribution in [3.05, 3.63) is 78.4 Å². The second-order valence-electron chi connectivity index (χ2n) is 5.87. The number of anilines is 3. The van der Waals surface area contributed by atoms with Crippen molar-refractivity contribution in [1.29, 1.82) is 0 Å². The molecule has 25 heavy (non-hydrogen) atoms. The molecular formula is C21H22N4. The first-order valence-electron chi connectivity index (χ1n) is 8.30. The molecule has 0 saturated carbocycles. The highest BCUT2D eigenvalue weighted by Gasteiger charge is 2.08. The zero-order valence-corrected chi connectivity index (χ0v) is 14.6. The average molecular weight is 330 g/mol. The van der Waals surface area contributed by atoms with Crippen LogP contribution in [0.4, 0.5) is 17.5 Å². The van der Waals surface area contributed by atoms with E-state index in [-0.39, 0.29) is 0 Å². The van der Waals surface area contributed by atoms with Crippen LogP contribution in [0.5, 0.6) is 0 Å². The lowest BCUT2D eigenvalue weighted by molar-refractivity contribution is 1.12. The lowest BCUT2D eigenvalue weighted by Gasteiger charge is -2.13. The molecule has 0 fully saturated rings. The molecule has 1 aromatic heterocycles. The topological polar surface area (TPSA) is 49.8 Å². The van der Waals surface area contributed by atoms with Crippen molar-refractivity contribution >= 4 is 17.5 Å². The van der Waals surface area contributed by atoms with Crippen LogP contribution in [-0.2, 0) is 0 Å². The molecule has 0 spiro atoms. The number of aryl methyl sites for hydroxylation is 1. The molecule has 0 radical (unpaired) electrons. The average Bonchev–Trinajstić information content (AvgIpc) is 2.64. The highest BCUT2D eigenvalue weighted by Crippen LogP contribution is 2.26. The number of hydrogen-bond donors (Lipinski definition) is 2. The molecule has 4 heteroatoms. The molecule has 4 nitrogen and oxygen atoms in total. The number of rotatable bonds is 6. The van der Waals surface area contributed by atoms with Gasteiger partial charge in [-0.2, -0.15) is 4.98 Å². The van der Waals surface area contributed by atoms with Crippen molar-refractivity contribution < 1.29 is 0 Å². The van der Waals surface area contributed by atoms with Gasteiger partial charge in [-0.25, -0.2) is 4.98 Å². The molecule has 0 aliphatic rings. The quantitative estimate of drug-likeness (QED) is 0.617. The van der Waals surface area contributed by atoms with Crippen molar-refractivity contribution in [2.75, 3.05) is 17.2 Å².